The fourth-order valence-corrected chi connectivity index (χ4v) is 4.82. The summed E-state index contributed by atoms with van der Waals surface area (Å²) in [5.41, 5.74) is 0.297. The van der Waals surface area contributed by atoms with Crippen LogP contribution < -0.4 is 0 Å². The lowest BCUT2D eigenvalue weighted by Gasteiger charge is -2.34. The van der Waals surface area contributed by atoms with E-state index in [0.717, 1.165) is 5.92 Å². The smallest absolute Gasteiger partial charge is 0.0687 e. The van der Waals surface area contributed by atoms with Gasteiger partial charge in [-0.05, 0) is 56.8 Å². The fraction of sp³-hybridized carbons (Fsp3) is 1.00. The molecule has 0 N–H and O–H groups in total. The van der Waals surface area contributed by atoms with E-state index in [1.165, 1.54) is 64.2 Å². The first-order chi connectivity index (χ1) is 8.69. The molecule has 0 bridgehead atoms. The third-order valence-corrected chi connectivity index (χ3v) is 6.41. The highest BCUT2D eigenvalue weighted by Crippen LogP contribution is 2.46. The lowest BCUT2D eigenvalue weighted by atomic mass is 9.83. The highest BCUT2D eigenvalue weighted by atomic mass is 35.5. The molecule has 3 aliphatic rings. The Hall–Kier alpha value is 0.250. The summed E-state index contributed by atoms with van der Waals surface area (Å²) in [5.74, 6) is 1.51. The summed E-state index contributed by atoms with van der Waals surface area (Å²) in [6, 6.07) is 0. The monoisotopic (exact) mass is 270 g/mol. The number of alkyl halides is 1. The zero-order valence-electron chi connectivity index (χ0n) is 11.7. The second-order valence-corrected chi connectivity index (χ2v) is 7.53. The zero-order chi connectivity index (χ0) is 12.6. The van der Waals surface area contributed by atoms with Crippen LogP contribution in [0.2, 0.25) is 0 Å². The van der Waals surface area contributed by atoms with Crippen LogP contribution in [0.1, 0.15) is 71.1 Å². The first-order valence-corrected chi connectivity index (χ1v) is 8.44. The van der Waals surface area contributed by atoms with Crippen molar-refractivity contribution in [2.24, 2.45) is 11.8 Å². The van der Waals surface area contributed by atoms with Gasteiger partial charge in [0.2, 0.25) is 0 Å². The number of rotatable bonds is 2. The van der Waals surface area contributed by atoms with Gasteiger partial charge in [-0.3, -0.25) is 0 Å². The van der Waals surface area contributed by atoms with Gasteiger partial charge in [0.1, 0.15) is 0 Å². The molecule has 3 fully saturated rings. The molecule has 1 heterocycles. The predicted octanol–water partition coefficient (Wildman–Crippen LogP) is 4.91. The largest absolute Gasteiger partial charge is 0.372 e. The van der Waals surface area contributed by atoms with Crippen LogP contribution in [0.25, 0.3) is 0 Å². The highest BCUT2D eigenvalue weighted by molar-refractivity contribution is 6.20. The van der Waals surface area contributed by atoms with Crippen LogP contribution in [0.5, 0.6) is 0 Å². The molecule has 4 unspecified atom stereocenters. The molecular weight excluding hydrogens is 244 g/mol. The third kappa shape index (κ3) is 2.58. The van der Waals surface area contributed by atoms with Gasteiger partial charge in [-0.1, -0.05) is 26.2 Å². The van der Waals surface area contributed by atoms with Crippen molar-refractivity contribution < 1.29 is 4.74 Å². The molecular formula is C16H27ClO. The standard InChI is InChI=1S/C16H27ClO/c1-12-13(5-6-15(12)17)11-14-7-10-16(18-14)8-3-2-4-9-16/h12-15H,2-11H2,1H3. The van der Waals surface area contributed by atoms with Gasteiger partial charge in [0, 0.05) is 5.38 Å². The lowest BCUT2D eigenvalue weighted by molar-refractivity contribution is -0.0708. The summed E-state index contributed by atoms with van der Waals surface area (Å²) in [5, 5.41) is 0.417. The molecule has 1 aliphatic heterocycles. The number of ether oxygens (including phenoxy) is 1. The van der Waals surface area contributed by atoms with Gasteiger partial charge >= 0.3 is 0 Å². The van der Waals surface area contributed by atoms with E-state index in [2.05, 4.69) is 6.92 Å². The maximum absolute atomic E-state index is 6.49. The SMILES string of the molecule is CC1C(Cl)CCC1CC1CCC2(CCCCC2)O1. The first kappa shape index (κ1) is 13.2. The average Bonchev–Trinajstić information content (AvgIpc) is 2.90. The predicted molar refractivity (Wildman–Crippen MR) is 76.1 cm³/mol. The summed E-state index contributed by atoms with van der Waals surface area (Å²) in [6.07, 6.45) is 13.8. The van der Waals surface area contributed by atoms with E-state index in [-0.39, 0.29) is 0 Å². The van der Waals surface area contributed by atoms with Crippen LogP contribution in [0, 0.1) is 11.8 Å². The Kier molecular flexibility index (Phi) is 3.92. The Morgan fingerprint density at radius 2 is 1.83 bits per heavy atom. The van der Waals surface area contributed by atoms with Crippen molar-refractivity contribution in [2.75, 3.05) is 0 Å². The Morgan fingerprint density at radius 3 is 2.50 bits per heavy atom. The molecule has 104 valence electrons. The van der Waals surface area contributed by atoms with Crippen LogP contribution in [0.3, 0.4) is 0 Å². The van der Waals surface area contributed by atoms with Crippen LogP contribution in [0.15, 0.2) is 0 Å². The summed E-state index contributed by atoms with van der Waals surface area (Å²) in [7, 11) is 0. The van der Waals surface area contributed by atoms with Gasteiger partial charge < -0.3 is 4.74 Å². The van der Waals surface area contributed by atoms with Crippen molar-refractivity contribution in [1.82, 2.24) is 0 Å². The number of halogens is 1. The van der Waals surface area contributed by atoms with Crippen molar-refractivity contribution in [1.29, 1.82) is 0 Å². The molecule has 0 aromatic carbocycles. The van der Waals surface area contributed by atoms with Gasteiger partial charge in [-0.25, -0.2) is 0 Å². The first-order valence-electron chi connectivity index (χ1n) is 8.00. The van der Waals surface area contributed by atoms with E-state index < -0.39 is 0 Å². The molecule has 1 spiro atoms. The van der Waals surface area contributed by atoms with Crippen molar-refractivity contribution in [3.63, 3.8) is 0 Å². The molecule has 1 saturated heterocycles. The summed E-state index contributed by atoms with van der Waals surface area (Å²) < 4.78 is 6.49. The summed E-state index contributed by atoms with van der Waals surface area (Å²) in [6.45, 7) is 2.33. The lowest BCUT2D eigenvalue weighted by Crippen LogP contribution is -2.32. The number of hydrogen-bond donors (Lipinski definition) is 0. The van der Waals surface area contributed by atoms with E-state index in [0.29, 0.717) is 23.0 Å². The maximum atomic E-state index is 6.49. The molecule has 0 radical (unpaired) electrons. The highest BCUT2D eigenvalue weighted by Gasteiger charge is 2.42. The van der Waals surface area contributed by atoms with Crippen LogP contribution in [0.4, 0.5) is 0 Å². The second-order valence-electron chi connectivity index (χ2n) is 6.97. The Morgan fingerprint density at radius 1 is 1.06 bits per heavy atom. The normalized spacial score (nSPS) is 43.7. The molecule has 0 amide bonds. The van der Waals surface area contributed by atoms with E-state index in [9.17, 15) is 0 Å². The topological polar surface area (TPSA) is 9.23 Å². The van der Waals surface area contributed by atoms with Gasteiger partial charge in [0.15, 0.2) is 0 Å². The molecule has 0 aromatic rings. The van der Waals surface area contributed by atoms with E-state index in [4.69, 9.17) is 16.3 Å². The fourth-order valence-electron chi connectivity index (χ4n) is 4.49. The molecule has 2 saturated carbocycles. The zero-order valence-corrected chi connectivity index (χ0v) is 12.4. The Labute approximate surface area is 117 Å². The average molecular weight is 271 g/mol. The maximum Gasteiger partial charge on any atom is 0.0687 e. The molecule has 1 nitrogen and oxygen atoms in total. The Bertz CT molecular complexity index is 285. The van der Waals surface area contributed by atoms with E-state index in [1.807, 2.05) is 0 Å². The van der Waals surface area contributed by atoms with Crippen LogP contribution in [-0.2, 0) is 4.74 Å². The Balaban J connectivity index is 1.53. The van der Waals surface area contributed by atoms with Crippen LogP contribution >= 0.6 is 11.6 Å². The second kappa shape index (κ2) is 5.32. The summed E-state index contributed by atoms with van der Waals surface area (Å²) in [4.78, 5) is 0. The molecule has 0 aromatic heterocycles. The molecule has 18 heavy (non-hydrogen) atoms. The van der Waals surface area contributed by atoms with Crippen molar-refractivity contribution in [3.05, 3.63) is 0 Å². The van der Waals surface area contributed by atoms with Crippen molar-refractivity contribution in [3.8, 4) is 0 Å². The molecule has 2 heteroatoms. The van der Waals surface area contributed by atoms with Gasteiger partial charge in [-0.2, -0.15) is 0 Å². The molecule has 4 atom stereocenters. The minimum atomic E-state index is 0.297. The minimum Gasteiger partial charge on any atom is -0.372 e. The van der Waals surface area contributed by atoms with Crippen LogP contribution in [-0.4, -0.2) is 17.1 Å². The quantitative estimate of drug-likeness (QED) is 0.648. The van der Waals surface area contributed by atoms with Gasteiger partial charge in [0.05, 0.1) is 11.7 Å². The number of hydrogen-bond acceptors (Lipinski definition) is 1. The summed E-state index contributed by atoms with van der Waals surface area (Å²) >= 11 is 6.34. The van der Waals surface area contributed by atoms with Crippen molar-refractivity contribution in [2.45, 2.75) is 88.2 Å². The van der Waals surface area contributed by atoms with Crippen molar-refractivity contribution >= 4 is 11.6 Å². The third-order valence-electron chi connectivity index (χ3n) is 5.80. The van der Waals surface area contributed by atoms with E-state index >= 15 is 0 Å². The van der Waals surface area contributed by atoms with Gasteiger partial charge in [-0.15, -0.1) is 11.6 Å². The molecule has 3 rings (SSSR count). The minimum absolute atomic E-state index is 0.297. The molecule has 2 aliphatic carbocycles. The van der Waals surface area contributed by atoms with E-state index in [1.54, 1.807) is 0 Å². The van der Waals surface area contributed by atoms with Gasteiger partial charge in [0.25, 0.3) is 0 Å².